The zero-order valence-corrected chi connectivity index (χ0v) is 70.7. The lowest BCUT2D eigenvalue weighted by Gasteiger charge is -2.21. The lowest BCUT2D eigenvalue weighted by Crippen LogP contribution is -2.30. The third-order valence-electron chi connectivity index (χ3n) is 25.2. The zero-order valence-electron chi connectivity index (χ0n) is 76.7. The van der Waals surface area contributed by atoms with Gasteiger partial charge < -0.3 is 0 Å². The van der Waals surface area contributed by atoms with Crippen molar-refractivity contribution in [2.24, 2.45) is 28.2 Å². The molecule has 0 N–H and O–H groups in total. The summed E-state index contributed by atoms with van der Waals surface area (Å²) in [6, 6.07) is 85.6. The number of pyridine rings is 8. The number of benzene rings is 8. The number of nitrogens with zero attached hydrogens (tertiary/aromatic N) is 8. The summed E-state index contributed by atoms with van der Waals surface area (Å²) in [6.45, 7) is 20.7. The van der Waals surface area contributed by atoms with Crippen LogP contribution >= 0.6 is 0 Å². The normalized spacial score (nSPS) is 14.7. The molecule has 8 heterocycles. The Hall–Kier alpha value is -13.1. The second-order valence-electron chi connectivity index (χ2n) is 34.3. The molecule has 16 aromatic rings. The predicted octanol–water partition coefficient (Wildman–Crippen LogP) is 24.2. The molecule has 0 saturated heterocycles. The number of hydrogen-bond acceptors (Lipinski definition) is 4. The van der Waals surface area contributed by atoms with E-state index in [1.54, 1.807) is 18.2 Å². The number of fused-ring (bicyclic) bond motifs is 12. The van der Waals surface area contributed by atoms with Crippen molar-refractivity contribution in [1.29, 1.82) is 0 Å². The van der Waals surface area contributed by atoms with Crippen molar-refractivity contribution in [3.05, 3.63) is 383 Å². The molecule has 586 valence electrons. The van der Waals surface area contributed by atoms with Gasteiger partial charge in [0.15, 0.2) is 24.8 Å². The largest absolute Gasteiger partial charge is 0.260 e. The van der Waals surface area contributed by atoms with E-state index in [1.807, 2.05) is 97.9 Å². The van der Waals surface area contributed by atoms with Crippen molar-refractivity contribution in [3.63, 3.8) is 0 Å². The number of aromatic nitrogens is 8. The van der Waals surface area contributed by atoms with Crippen LogP contribution in [-0.4, -0.2) is 19.9 Å². The molecule has 119 heavy (non-hydrogen) atoms. The van der Waals surface area contributed by atoms with E-state index in [4.69, 9.17) is 23.2 Å². The lowest BCUT2D eigenvalue weighted by atomic mass is 9.83. The topological polar surface area (TPSA) is 67.1 Å². The maximum absolute atomic E-state index is 13.4. The summed E-state index contributed by atoms with van der Waals surface area (Å²) in [7, 11) is 8.28. The van der Waals surface area contributed by atoms with Gasteiger partial charge in [0.2, 0.25) is 22.8 Å². The van der Waals surface area contributed by atoms with E-state index >= 15 is 0 Å². The Morgan fingerprint density at radius 2 is 0.504 bits per heavy atom. The minimum atomic E-state index is -2.82. The molecule has 0 bridgehead atoms. The molecule has 20 rings (SSSR count). The second-order valence-corrected chi connectivity index (χ2v) is 34.3. The summed E-state index contributed by atoms with van der Waals surface area (Å²) in [5.74, 6) is -0.218. The van der Waals surface area contributed by atoms with E-state index < -0.39 is 19.1 Å². The van der Waals surface area contributed by atoms with Crippen molar-refractivity contribution in [2.45, 2.75) is 118 Å². The molecule has 0 saturated carbocycles. The minimum absolute atomic E-state index is 0.0683. The molecule has 4 aliphatic carbocycles. The molecule has 0 radical (unpaired) electrons. The average molecular weight is 1560 g/mol. The Bertz CT molecular complexity index is 6470. The minimum Gasteiger partial charge on any atom is -0.260 e. The summed E-state index contributed by atoms with van der Waals surface area (Å²) in [4.78, 5) is 18.5. The molecular weight excluding hydrogens is 1450 g/mol. The molecular formula is C110H103FN8+4. The van der Waals surface area contributed by atoms with Crippen LogP contribution in [0.4, 0.5) is 4.39 Å². The maximum Gasteiger partial charge on any atom is 0.213 e. The van der Waals surface area contributed by atoms with Gasteiger partial charge in [0, 0.05) is 148 Å². The number of rotatable bonds is 8. The highest BCUT2D eigenvalue weighted by Crippen LogP contribution is 2.54. The van der Waals surface area contributed by atoms with Crippen LogP contribution in [0.1, 0.15) is 142 Å². The van der Waals surface area contributed by atoms with E-state index in [2.05, 4.69) is 298 Å². The predicted molar refractivity (Wildman–Crippen MR) is 484 cm³/mol. The van der Waals surface area contributed by atoms with Crippen molar-refractivity contribution >= 4 is 0 Å². The first-order valence-corrected chi connectivity index (χ1v) is 40.9. The summed E-state index contributed by atoms with van der Waals surface area (Å²) in [5, 5.41) is 0. The van der Waals surface area contributed by atoms with Crippen molar-refractivity contribution in [3.8, 4) is 134 Å². The van der Waals surface area contributed by atoms with Crippen LogP contribution in [-0.2, 0) is 49.9 Å². The van der Waals surface area contributed by atoms with E-state index in [-0.39, 0.29) is 33.3 Å². The van der Waals surface area contributed by atoms with Gasteiger partial charge in [-0.2, -0.15) is 0 Å². The fourth-order valence-electron chi connectivity index (χ4n) is 18.3. The first kappa shape index (κ1) is 71.2. The Morgan fingerprint density at radius 3 is 0.782 bits per heavy atom. The van der Waals surface area contributed by atoms with Gasteiger partial charge in [-0.25, -0.2) is 22.7 Å². The fourth-order valence-corrected chi connectivity index (χ4v) is 18.3. The van der Waals surface area contributed by atoms with Crippen LogP contribution in [0.3, 0.4) is 0 Å². The highest BCUT2D eigenvalue weighted by Gasteiger charge is 2.42. The van der Waals surface area contributed by atoms with E-state index in [9.17, 15) is 4.39 Å². The second kappa shape index (κ2) is 30.4. The van der Waals surface area contributed by atoms with Gasteiger partial charge in [-0.05, 0) is 213 Å². The molecule has 9 heteroatoms. The molecule has 0 unspecified atom stereocenters. The van der Waals surface area contributed by atoms with Crippen molar-refractivity contribution < 1.29 is 30.9 Å². The zero-order chi connectivity index (χ0) is 88.3. The molecule has 0 spiro atoms. The van der Waals surface area contributed by atoms with E-state index in [0.29, 0.717) is 11.1 Å². The smallest absolute Gasteiger partial charge is 0.213 e. The summed E-state index contributed by atoms with van der Waals surface area (Å²) in [6.07, 6.45) is 15.6. The lowest BCUT2D eigenvalue weighted by molar-refractivity contribution is -0.660. The first-order valence-electron chi connectivity index (χ1n) is 43.9. The monoisotopic (exact) mass is 1560 g/mol. The molecule has 8 aromatic carbocycles. The number of aryl methyl sites for hydroxylation is 10. The van der Waals surface area contributed by atoms with Gasteiger partial charge in [-0.15, -0.1) is 0 Å². The van der Waals surface area contributed by atoms with Crippen LogP contribution in [0.5, 0.6) is 0 Å². The molecule has 0 fully saturated rings. The Balaban J connectivity index is 0.000000118. The molecule has 0 aliphatic heterocycles. The van der Waals surface area contributed by atoms with Crippen molar-refractivity contribution in [1.82, 2.24) is 19.9 Å². The highest BCUT2D eigenvalue weighted by atomic mass is 19.1. The van der Waals surface area contributed by atoms with Gasteiger partial charge >= 0.3 is 0 Å². The van der Waals surface area contributed by atoms with Gasteiger partial charge in [-0.1, -0.05) is 206 Å². The van der Waals surface area contributed by atoms with Gasteiger partial charge in [0.05, 0.1) is 22.8 Å². The summed E-state index contributed by atoms with van der Waals surface area (Å²) < 4.78 is 72.2. The fraction of sp³-hybridized carbons (Fsp3) is 0.200. The molecule has 8 aromatic heterocycles. The van der Waals surface area contributed by atoms with Gasteiger partial charge in [0.1, 0.15) is 34.0 Å². The van der Waals surface area contributed by atoms with Crippen LogP contribution < -0.4 is 18.3 Å². The van der Waals surface area contributed by atoms with Crippen LogP contribution in [0, 0.1) is 47.4 Å². The van der Waals surface area contributed by atoms with Crippen LogP contribution in [0.25, 0.3) is 134 Å². The van der Waals surface area contributed by atoms with Crippen LogP contribution in [0.2, 0.25) is 0 Å². The van der Waals surface area contributed by atoms with E-state index in [0.717, 1.165) is 50.5 Å². The SMILES string of the molecule is Cc1cc2c(cc1-c1cc(-c3ccc(F)cc3)cc[n+]1C)-c1cccnc1C2(C)C.Cc1ccc(-c2cc[n+](C)c(-c3cc4c(cc3C)C(C)(C)c3ncccc3-4)c2)cc1.Cc1ccc(-c2cc[n+](C)c(-c3cc4c(cc3C)C(C)(C)c3ncccc3-4)c2)cc1.[2H]C([2H])([2H])C1(C([2H])([2H])[2H])c2cc(C)c(-c3cc(-c4ccccc4)cc[n+]3C)cc2-c2cccnc21. The summed E-state index contributed by atoms with van der Waals surface area (Å²) >= 11 is 0. The van der Waals surface area contributed by atoms with E-state index in [1.165, 1.54) is 158 Å². The van der Waals surface area contributed by atoms with Crippen molar-refractivity contribution in [2.75, 3.05) is 0 Å². The Labute approximate surface area is 710 Å². The Morgan fingerprint density at radius 1 is 0.252 bits per heavy atom. The molecule has 0 amide bonds. The molecule has 0 atom stereocenters. The summed E-state index contributed by atoms with van der Waals surface area (Å²) in [5.41, 5.74) is 39.9. The van der Waals surface area contributed by atoms with Crippen LogP contribution in [0.15, 0.2) is 298 Å². The maximum atomic E-state index is 13.4. The Kier molecular flexibility index (Phi) is 18.2. The first-order chi connectivity index (χ1) is 59.5. The van der Waals surface area contributed by atoms with Gasteiger partial charge in [-0.3, -0.25) is 19.9 Å². The molecule has 8 nitrogen and oxygen atoms in total. The number of hydrogen-bond donors (Lipinski definition) is 0. The highest BCUT2D eigenvalue weighted by molar-refractivity contribution is 5.89. The number of halogens is 1. The third kappa shape index (κ3) is 14.1. The molecule has 4 aliphatic rings. The van der Waals surface area contributed by atoms with Gasteiger partial charge in [0.25, 0.3) is 0 Å². The quantitative estimate of drug-likeness (QED) is 0.142. The standard InChI is InChI=1S/2C28H27N2.C27H24FN2.C27H25N2/c2*1-18-8-10-20(11-9-18)21-12-14-30(5)26(16-21)23-17-24-22-7-6-13-29-27(22)28(3,4)25(24)15-19(23)2;1-17-14-24-23(21-6-5-12-29-26(21)27(24,2)3)16-22(17)25-15-19(11-13-30(25)4)18-7-9-20(28)10-8-18;1-18-15-24-23(21-11-8-13-28-26(21)27(24,2)3)17-22(18)25-16-20(12-14-29(25)4)19-9-6-5-7-10-19/h2*6-17H,1-5H3;5-16H,1-4H3;5-17H,1-4H3/q4*+1/i;;;2D3,3D3. The average Bonchev–Trinajstić information content (AvgIpc) is 1.53. The third-order valence-corrected chi connectivity index (χ3v) is 25.2.